The highest BCUT2D eigenvalue weighted by molar-refractivity contribution is 5.70. The second kappa shape index (κ2) is 3.37. The van der Waals surface area contributed by atoms with Crippen LogP contribution in [0, 0.1) is 5.92 Å². The smallest absolute Gasteiger partial charge is 0.410 e. The van der Waals surface area contributed by atoms with Gasteiger partial charge in [-0.3, -0.25) is 0 Å². The number of fused-ring (bicyclic) bond motifs is 1. The zero-order valence-corrected chi connectivity index (χ0v) is 9.56. The molecule has 86 valence electrons. The highest BCUT2D eigenvalue weighted by Crippen LogP contribution is 2.39. The fraction of sp³-hybridized carbons (Fsp3) is 0.909. The van der Waals surface area contributed by atoms with Gasteiger partial charge in [0.05, 0.1) is 6.10 Å². The van der Waals surface area contributed by atoms with E-state index in [0.29, 0.717) is 12.3 Å². The molecule has 0 bridgehead atoms. The maximum absolute atomic E-state index is 11.7. The number of hydrogen-bond acceptors (Lipinski definition) is 3. The lowest BCUT2D eigenvalue weighted by molar-refractivity contribution is -0.0210. The van der Waals surface area contributed by atoms with Crippen molar-refractivity contribution in [3.63, 3.8) is 0 Å². The number of carbonyl (C=O) groups excluding carboxylic acids is 1. The molecule has 1 aliphatic carbocycles. The number of hydrogen-bond donors (Lipinski definition) is 1. The predicted molar refractivity (Wildman–Crippen MR) is 55.5 cm³/mol. The van der Waals surface area contributed by atoms with E-state index in [2.05, 4.69) is 0 Å². The van der Waals surface area contributed by atoms with Crippen LogP contribution >= 0.6 is 0 Å². The van der Waals surface area contributed by atoms with Crippen LogP contribution in [-0.4, -0.2) is 40.4 Å². The number of likely N-dealkylation sites (tertiary alicyclic amines) is 1. The molecule has 0 aromatic carbocycles. The lowest BCUT2D eigenvalue weighted by atomic mass is 9.93. The van der Waals surface area contributed by atoms with Crippen LogP contribution in [-0.2, 0) is 4.74 Å². The standard InChI is InChI=1S/C11H19NO3/c1-11(2,3)15-10(14)12-6-7-4-8(13)5-9(7)12/h7-9,13H,4-6H2,1-3H3. The third-order valence-electron chi connectivity index (χ3n) is 3.09. The summed E-state index contributed by atoms with van der Waals surface area (Å²) in [6.07, 6.45) is 1.08. The molecule has 1 aliphatic heterocycles. The van der Waals surface area contributed by atoms with Gasteiger partial charge >= 0.3 is 6.09 Å². The molecular formula is C11H19NO3. The molecule has 2 aliphatic rings. The van der Waals surface area contributed by atoms with Crippen molar-refractivity contribution in [1.82, 2.24) is 4.90 Å². The Morgan fingerprint density at radius 3 is 2.60 bits per heavy atom. The highest BCUT2D eigenvalue weighted by atomic mass is 16.6. The Bertz CT molecular complexity index is 271. The average Bonchev–Trinajstić information content (AvgIpc) is 2.28. The van der Waals surface area contributed by atoms with Gasteiger partial charge in [-0.2, -0.15) is 0 Å². The van der Waals surface area contributed by atoms with Crippen LogP contribution in [0.3, 0.4) is 0 Å². The van der Waals surface area contributed by atoms with Crippen LogP contribution in [0.1, 0.15) is 33.6 Å². The minimum atomic E-state index is -0.431. The van der Waals surface area contributed by atoms with E-state index in [1.807, 2.05) is 20.8 Å². The molecule has 2 rings (SSSR count). The van der Waals surface area contributed by atoms with E-state index < -0.39 is 5.60 Å². The van der Waals surface area contributed by atoms with Crippen molar-refractivity contribution >= 4 is 6.09 Å². The summed E-state index contributed by atoms with van der Waals surface area (Å²) in [6, 6.07) is 0.217. The van der Waals surface area contributed by atoms with Crippen molar-refractivity contribution in [3.05, 3.63) is 0 Å². The Kier molecular flexibility index (Phi) is 2.41. The molecule has 1 saturated heterocycles. The van der Waals surface area contributed by atoms with E-state index in [4.69, 9.17) is 4.74 Å². The molecule has 15 heavy (non-hydrogen) atoms. The largest absolute Gasteiger partial charge is 0.444 e. The molecular weight excluding hydrogens is 194 g/mol. The number of carbonyl (C=O) groups is 1. The normalized spacial score (nSPS) is 34.7. The molecule has 0 aromatic rings. The zero-order valence-electron chi connectivity index (χ0n) is 9.56. The summed E-state index contributed by atoms with van der Waals surface area (Å²) < 4.78 is 5.29. The lowest BCUT2D eigenvalue weighted by Crippen LogP contribution is -2.57. The molecule has 1 saturated carbocycles. The van der Waals surface area contributed by atoms with Crippen LogP contribution in [0.15, 0.2) is 0 Å². The van der Waals surface area contributed by atoms with Gasteiger partial charge in [-0.05, 0) is 39.5 Å². The number of ether oxygens (including phenoxy) is 1. The monoisotopic (exact) mass is 213 g/mol. The van der Waals surface area contributed by atoms with Crippen molar-refractivity contribution in [1.29, 1.82) is 0 Å². The minimum absolute atomic E-state index is 0.217. The molecule has 0 spiro atoms. The Balaban J connectivity index is 1.89. The number of rotatable bonds is 0. The Hall–Kier alpha value is -0.770. The zero-order chi connectivity index (χ0) is 11.2. The van der Waals surface area contributed by atoms with Crippen molar-refractivity contribution in [2.45, 2.75) is 51.4 Å². The van der Waals surface area contributed by atoms with Crippen molar-refractivity contribution < 1.29 is 14.6 Å². The summed E-state index contributed by atoms with van der Waals surface area (Å²) in [6.45, 7) is 6.35. The molecule has 0 aromatic heterocycles. The van der Waals surface area contributed by atoms with Crippen LogP contribution in [0.2, 0.25) is 0 Å². The van der Waals surface area contributed by atoms with Crippen LogP contribution in [0.4, 0.5) is 4.79 Å². The summed E-state index contributed by atoms with van der Waals surface area (Å²) in [5, 5.41) is 9.46. The van der Waals surface area contributed by atoms with Gasteiger partial charge in [0.25, 0.3) is 0 Å². The maximum Gasteiger partial charge on any atom is 0.410 e. The van der Waals surface area contributed by atoms with Crippen LogP contribution < -0.4 is 0 Å². The molecule has 4 heteroatoms. The predicted octanol–water partition coefficient (Wildman–Crippen LogP) is 1.38. The third-order valence-corrected chi connectivity index (χ3v) is 3.09. The molecule has 1 amide bonds. The first-order chi connectivity index (χ1) is 6.87. The van der Waals surface area contributed by atoms with Gasteiger partial charge in [0.15, 0.2) is 0 Å². The molecule has 3 unspecified atom stereocenters. The van der Waals surface area contributed by atoms with Crippen LogP contribution in [0.5, 0.6) is 0 Å². The highest BCUT2D eigenvalue weighted by Gasteiger charge is 2.49. The first-order valence-corrected chi connectivity index (χ1v) is 5.54. The van der Waals surface area contributed by atoms with Crippen molar-refractivity contribution in [2.75, 3.05) is 6.54 Å². The first-order valence-electron chi connectivity index (χ1n) is 5.54. The van der Waals surface area contributed by atoms with E-state index >= 15 is 0 Å². The Morgan fingerprint density at radius 2 is 2.07 bits per heavy atom. The second-order valence-electron chi connectivity index (χ2n) is 5.59. The summed E-state index contributed by atoms with van der Waals surface area (Å²) in [5.74, 6) is 0.493. The van der Waals surface area contributed by atoms with E-state index in [9.17, 15) is 9.90 Å². The van der Waals surface area contributed by atoms with Gasteiger partial charge in [0.2, 0.25) is 0 Å². The Morgan fingerprint density at radius 1 is 1.40 bits per heavy atom. The fourth-order valence-electron chi connectivity index (χ4n) is 2.43. The molecule has 2 fully saturated rings. The second-order valence-corrected chi connectivity index (χ2v) is 5.59. The van der Waals surface area contributed by atoms with Gasteiger partial charge < -0.3 is 14.7 Å². The van der Waals surface area contributed by atoms with Gasteiger partial charge in [-0.15, -0.1) is 0 Å². The molecule has 0 radical (unpaired) electrons. The summed E-state index contributed by atoms with van der Waals surface area (Å²) in [7, 11) is 0. The van der Waals surface area contributed by atoms with Crippen LogP contribution in [0.25, 0.3) is 0 Å². The summed E-state index contributed by atoms with van der Waals surface area (Å²) in [4.78, 5) is 13.5. The summed E-state index contributed by atoms with van der Waals surface area (Å²) >= 11 is 0. The average molecular weight is 213 g/mol. The van der Waals surface area contributed by atoms with E-state index in [1.165, 1.54) is 0 Å². The Labute approximate surface area is 90.2 Å². The van der Waals surface area contributed by atoms with E-state index in [1.54, 1.807) is 4.90 Å². The quantitative estimate of drug-likeness (QED) is 0.661. The van der Waals surface area contributed by atoms with E-state index in [-0.39, 0.29) is 18.2 Å². The fourth-order valence-corrected chi connectivity index (χ4v) is 2.43. The number of aliphatic hydroxyl groups is 1. The van der Waals surface area contributed by atoms with Gasteiger partial charge in [-0.1, -0.05) is 0 Å². The molecule has 3 atom stereocenters. The summed E-state index contributed by atoms with van der Waals surface area (Å²) in [5.41, 5.74) is -0.431. The lowest BCUT2D eigenvalue weighted by Gasteiger charge is -2.44. The minimum Gasteiger partial charge on any atom is -0.444 e. The first kappa shape index (κ1) is 10.7. The number of amides is 1. The topological polar surface area (TPSA) is 49.8 Å². The van der Waals surface area contributed by atoms with Gasteiger partial charge in [0.1, 0.15) is 5.60 Å². The molecule has 4 nitrogen and oxygen atoms in total. The number of aliphatic hydroxyl groups excluding tert-OH is 1. The maximum atomic E-state index is 11.7. The third kappa shape index (κ3) is 2.09. The van der Waals surface area contributed by atoms with Gasteiger partial charge in [-0.25, -0.2) is 4.79 Å². The number of nitrogens with zero attached hydrogens (tertiary/aromatic N) is 1. The SMILES string of the molecule is CC(C)(C)OC(=O)N1CC2CC(O)CC21. The van der Waals surface area contributed by atoms with E-state index in [0.717, 1.165) is 13.0 Å². The molecule has 1 N–H and O–H groups in total. The van der Waals surface area contributed by atoms with Crippen molar-refractivity contribution in [2.24, 2.45) is 5.92 Å². The van der Waals surface area contributed by atoms with Crippen molar-refractivity contribution in [3.8, 4) is 0 Å². The van der Waals surface area contributed by atoms with Gasteiger partial charge in [0, 0.05) is 12.6 Å². The molecule has 1 heterocycles.